The molecule has 0 unspecified atom stereocenters. The third kappa shape index (κ3) is 3.07. The molecule has 0 spiro atoms. The Morgan fingerprint density at radius 2 is 1.75 bits per heavy atom. The summed E-state index contributed by atoms with van der Waals surface area (Å²) in [5.41, 5.74) is 2.73. The zero-order valence-electron chi connectivity index (χ0n) is 14.8. The minimum atomic E-state index is 0.673. The molecule has 5 aromatic rings. The average Bonchev–Trinajstić information content (AvgIpc) is 3.37. The number of aromatic nitrogens is 7. The highest BCUT2D eigenvalue weighted by Gasteiger charge is 2.12. The Hall–Kier alpha value is -4.07. The van der Waals surface area contributed by atoms with E-state index in [1.54, 1.807) is 23.3 Å². The maximum Gasteiger partial charge on any atom is 0.170 e. The molecule has 1 N–H and O–H groups in total. The van der Waals surface area contributed by atoms with Crippen molar-refractivity contribution in [2.45, 2.75) is 6.54 Å². The number of benzene rings is 1. The lowest BCUT2D eigenvalue weighted by Gasteiger charge is -2.05. The Kier molecular flexibility index (Phi) is 3.98. The zero-order valence-corrected chi connectivity index (χ0v) is 14.8. The van der Waals surface area contributed by atoms with Crippen LogP contribution in [0.25, 0.3) is 16.9 Å². The molecule has 0 saturated heterocycles. The molecule has 4 heterocycles. The van der Waals surface area contributed by atoms with E-state index in [4.69, 9.17) is 0 Å². The maximum absolute atomic E-state index is 4.42. The molecule has 1 aromatic carbocycles. The molecule has 0 aliphatic carbocycles. The van der Waals surface area contributed by atoms with E-state index in [-0.39, 0.29) is 0 Å². The van der Waals surface area contributed by atoms with Crippen molar-refractivity contribution in [2.24, 2.45) is 0 Å². The van der Waals surface area contributed by atoms with Crippen LogP contribution in [0.15, 0.2) is 79.6 Å². The van der Waals surface area contributed by atoms with Gasteiger partial charge >= 0.3 is 0 Å². The quantitative estimate of drug-likeness (QED) is 0.513. The van der Waals surface area contributed by atoms with Crippen molar-refractivity contribution < 1.29 is 0 Å². The first-order valence-corrected chi connectivity index (χ1v) is 8.80. The Labute approximate surface area is 160 Å². The fraction of sp³-hybridized carbons (Fsp3) is 0.0500. The Bertz CT molecular complexity index is 1210. The first kappa shape index (κ1) is 16.1. The molecule has 0 amide bonds. The lowest BCUT2D eigenvalue weighted by Crippen LogP contribution is -2.01. The highest BCUT2D eigenvalue weighted by Crippen LogP contribution is 2.23. The van der Waals surface area contributed by atoms with E-state index in [1.165, 1.54) is 11.9 Å². The topological polar surface area (TPSA) is 86.3 Å². The van der Waals surface area contributed by atoms with Gasteiger partial charge in [-0.1, -0.05) is 36.4 Å². The van der Waals surface area contributed by atoms with E-state index in [2.05, 4.69) is 42.6 Å². The fourth-order valence-electron chi connectivity index (χ4n) is 3.01. The molecule has 5 rings (SSSR count). The Morgan fingerprint density at radius 3 is 2.61 bits per heavy atom. The molecule has 0 radical (unpaired) electrons. The molecule has 28 heavy (non-hydrogen) atoms. The molecule has 0 atom stereocenters. The zero-order chi connectivity index (χ0) is 18.8. The summed E-state index contributed by atoms with van der Waals surface area (Å²) in [5, 5.41) is 13.0. The van der Waals surface area contributed by atoms with Gasteiger partial charge in [-0.05, 0) is 17.7 Å². The molecule has 0 saturated carbocycles. The van der Waals surface area contributed by atoms with E-state index in [0.29, 0.717) is 23.8 Å². The summed E-state index contributed by atoms with van der Waals surface area (Å²) in [6, 6.07) is 15.9. The van der Waals surface area contributed by atoms with Gasteiger partial charge in [-0.3, -0.25) is 4.68 Å². The number of anilines is 2. The van der Waals surface area contributed by atoms with Crippen LogP contribution >= 0.6 is 0 Å². The number of nitrogens with zero attached hydrogens (tertiary/aromatic N) is 7. The van der Waals surface area contributed by atoms with Gasteiger partial charge in [-0.25, -0.2) is 15.0 Å². The third-order valence-corrected chi connectivity index (χ3v) is 4.32. The van der Waals surface area contributed by atoms with Gasteiger partial charge in [0.15, 0.2) is 11.5 Å². The normalized spacial score (nSPS) is 11.0. The summed E-state index contributed by atoms with van der Waals surface area (Å²) in [4.78, 5) is 13.1. The minimum Gasteiger partial charge on any atom is -0.337 e. The van der Waals surface area contributed by atoms with Gasteiger partial charge in [0.2, 0.25) is 0 Å². The van der Waals surface area contributed by atoms with E-state index in [1.807, 2.05) is 47.3 Å². The lowest BCUT2D eigenvalue weighted by molar-refractivity contribution is 0.687. The van der Waals surface area contributed by atoms with Crippen LogP contribution in [0, 0.1) is 0 Å². The lowest BCUT2D eigenvalue weighted by atomic mass is 10.2. The van der Waals surface area contributed by atoms with Gasteiger partial charge in [-0.2, -0.15) is 14.9 Å². The molecular weight excluding hydrogens is 352 g/mol. The van der Waals surface area contributed by atoms with E-state index in [9.17, 15) is 0 Å². The third-order valence-electron chi connectivity index (χ3n) is 4.32. The second kappa shape index (κ2) is 6.92. The predicted octanol–water partition coefficient (Wildman–Crippen LogP) is 3.20. The number of pyridine rings is 1. The van der Waals surface area contributed by atoms with Gasteiger partial charge in [0, 0.05) is 12.4 Å². The van der Waals surface area contributed by atoms with Crippen molar-refractivity contribution in [2.75, 3.05) is 5.32 Å². The standard InChI is InChI=1S/C20H16N8/c1-2-6-15(7-3-1)12-27-13-16(10-24-27)26-19-17-11-25-28(20(17)23-14-22-19)18-8-4-5-9-21-18/h1-11,13-14H,12H2,(H,22,23,26). The molecule has 8 nitrogen and oxygen atoms in total. The highest BCUT2D eigenvalue weighted by molar-refractivity contribution is 5.88. The van der Waals surface area contributed by atoms with Crippen molar-refractivity contribution in [1.29, 1.82) is 0 Å². The van der Waals surface area contributed by atoms with Crippen LogP contribution in [0.3, 0.4) is 0 Å². The van der Waals surface area contributed by atoms with Crippen LogP contribution in [-0.4, -0.2) is 34.5 Å². The van der Waals surface area contributed by atoms with Crippen molar-refractivity contribution in [3.05, 3.63) is 85.2 Å². The average molecular weight is 368 g/mol. The van der Waals surface area contributed by atoms with Gasteiger partial charge in [-0.15, -0.1) is 0 Å². The van der Waals surface area contributed by atoms with Crippen LogP contribution < -0.4 is 5.32 Å². The molecule has 0 bridgehead atoms. The monoisotopic (exact) mass is 368 g/mol. The first-order chi connectivity index (χ1) is 13.9. The summed E-state index contributed by atoms with van der Waals surface area (Å²) in [5.74, 6) is 1.38. The molecule has 4 aromatic heterocycles. The largest absolute Gasteiger partial charge is 0.337 e. The summed E-state index contributed by atoms with van der Waals surface area (Å²) >= 11 is 0. The second-order valence-corrected chi connectivity index (χ2v) is 6.24. The van der Waals surface area contributed by atoms with Crippen molar-refractivity contribution in [3.8, 4) is 5.82 Å². The SMILES string of the molecule is c1ccc(Cn2cc(Nc3ncnc4c3cnn4-c3ccccn3)cn2)cc1. The summed E-state index contributed by atoms with van der Waals surface area (Å²) in [6.45, 7) is 0.708. The summed E-state index contributed by atoms with van der Waals surface area (Å²) < 4.78 is 3.58. The number of rotatable bonds is 5. The summed E-state index contributed by atoms with van der Waals surface area (Å²) in [7, 11) is 0. The van der Waals surface area contributed by atoms with Crippen molar-refractivity contribution in [1.82, 2.24) is 34.5 Å². The molecule has 0 fully saturated rings. The van der Waals surface area contributed by atoms with Crippen LogP contribution in [-0.2, 0) is 6.54 Å². The van der Waals surface area contributed by atoms with Crippen LogP contribution in [0.2, 0.25) is 0 Å². The van der Waals surface area contributed by atoms with Gasteiger partial charge in [0.25, 0.3) is 0 Å². The van der Waals surface area contributed by atoms with E-state index in [0.717, 1.165) is 11.1 Å². The summed E-state index contributed by atoms with van der Waals surface area (Å²) in [6.07, 6.45) is 8.70. The maximum atomic E-state index is 4.42. The van der Waals surface area contributed by atoms with Gasteiger partial charge in [0.1, 0.15) is 12.1 Å². The van der Waals surface area contributed by atoms with Gasteiger partial charge in [0.05, 0.1) is 30.0 Å². The number of fused-ring (bicyclic) bond motifs is 1. The Morgan fingerprint density at radius 1 is 0.857 bits per heavy atom. The minimum absolute atomic E-state index is 0.673. The predicted molar refractivity (Wildman–Crippen MR) is 106 cm³/mol. The molecular formula is C20H16N8. The van der Waals surface area contributed by atoms with Crippen LogP contribution in [0.5, 0.6) is 0 Å². The van der Waals surface area contributed by atoms with Crippen molar-refractivity contribution >= 4 is 22.5 Å². The number of hydrogen-bond acceptors (Lipinski definition) is 6. The van der Waals surface area contributed by atoms with Gasteiger partial charge < -0.3 is 5.32 Å². The molecule has 0 aliphatic rings. The van der Waals surface area contributed by atoms with Crippen LogP contribution in [0.1, 0.15) is 5.56 Å². The van der Waals surface area contributed by atoms with E-state index >= 15 is 0 Å². The number of hydrogen-bond donors (Lipinski definition) is 1. The molecule has 136 valence electrons. The first-order valence-electron chi connectivity index (χ1n) is 8.80. The number of nitrogens with one attached hydrogen (secondary N) is 1. The van der Waals surface area contributed by atoms with E-state index < -0.39 is 0 Å². The van der Waals surface area contributed by atoms with Crippen LogP contribution in [0.4, 0.5) is 11.5 Å². The molecule has 8 heteroatoms. The smallest absolute Gasteiger partial charge is 0.170 e. The fourth-order valence-corrected chi connectivity index (χ4v) is 3.01. The second-order valence-electron chi connectivity index (χ2n) is 6.24. The molecule has 0 aliphatic heterocycles. The highest BCUT2D eigenvalue weighted by atomic mass is 15.3. The Balaban J connectivity index is 1.42. The van der Waals surface area contributed by atoms with Crippen molar-refractivity contribution in [3.63, 3.8) is 0 Å².